The Morgan fingerprint density at radius 1 is 0.405 bits per heavy atom. The van der Waals surface area contributed by atoms with Crippen molar-refractivity contribution in [3.63, 3.8) is 0 Å². The van der Waals surface area contributed by atoms with E-state index in [1.165, 1.54) is 219 Å². The summed E-state index contributed by atoms with van der Waals surface area (Å²) in [5.74, 6) is 1.62. The molecule has 1 rings (SSSR count). The highest BCUT2D eigenvalue weighted by Gasteiger charge is 2.16. The molecule has 1 aromatic rings. The van der Waals surface area contributed by atoms with Crippen molar-refractivity contribution in [1.29, 1.82) is 0 Å². The SMILES string of the molecule is CCCCCCCCCCCCCCCCCc1n(CCCCCCCCCCC)cc[n+]1CCCCCCCCC. The van der Waals surface area contributed by atoms with Crippen molar-refractivity contribution >= 4 is 0 Å². The normalized spacial score (nSPS) is 11.6. The molecule has 2 nitrogen and oxygen atoms in total. The highest BCUT2D eigenvalue weighted by atomic mass is 15.1. The summed E-state index contributed by atoms with van der Waals surface area (Å²) < 4.78 is 5.26. The number of nitrogens with zero attached hydrogens (tertiary/aromatic N) is 2. The maximum absolute atomic E-state index is 2.63. The van der Waals surface area contributed by atoms with E-state index in [-0.39, 0.29) is 0 Å². The highest BCUT2D eigenvalue weighted by Crippen LogP contribution is 2.15. The van der Waals surface area contributed by atoms with E-state index in [9.17, 15) is 0 Å². The lowest BCUT2D eigenvalue weighted by molar-refractivity contribution is -0.704. The molecule has 248 valence electrons. The van der Waals surface area contributed by atoms with Gasteiger partial charge in [0, 0.05) is 6.42 Å². The Morgan fingerprint density at radius 2 is 0.738 bits per heavy atom. The molecule has 0 bridgehead atoms. The zero-order chi connectivity index (χ0) is 30.2. The monoisotopic (exact) mass is 588 g/mol. The van der Waals surface area contributed by atoms with E-state index in [4.69, 9.17) is 0 Å². The van der Waals surface area contributed by atoms with Gasteiger partial charge in [0.1, 0.15) is 12.4 Å². The van der Waals surface area contributed by atoms with Gasteiger partial charge in [-0.05, 0) is 32.1 Å². The zero-order valence-corrected chi connectivity index (χ0v) is 29.6. The van der Waals surface area contributed by atoms with Crippen molar-refractivity contribution in [3.8, 4) is 0 Å². The van der Waals surface area contributed by atoms with Gasteiger partial charge in [-0.25, -0.2) is 9.13 Å². The van der Waals surface area contributed by atoms with Crippen LogP contribution >= 0.6 is 0 Å². The van der Waals surface area contributed by atoms with Crippen LogP contribution in [-0.2, 0) is 19.5 Å². The van der Waals surface area contributed by atoms with Gasteiger partial charge in [-0.1, -0.05) is 188 Å². The second-order valence-electron chi connectivity index (χ2n) is 13.8. The van der Waals surface area contributed by atoms with Crippen LogP contribution in [0.3, 0.4) is 0 Å². The van der Waals surface area contributed by atoms with Crippen LogP contribution in [0.4, 0.5) is 0 Å². The molecule has 0 radical (unpaired) electrons. The number of aromatic nitrogens is 2. The summed E-state index contributed by atoms with van der Waals surface area (Å²) in [5.41, 5.74) is 0. The van der Waals surface area contributed by atoms with E-state index in [1.54, 1.807) is 5.82 Å². The molecule has 2 heteroatoms. The molecule has 42 heavy (non-hydrogen) atoms. The lowest BCUT2D eigenvalue weighted by atomic mass is 10.0. The van der Waals surface area contributed by atoms with Crippen molar-refractivity contribution in [3.05, 3.63) is 18.2 Å². The fraction of sp³-hybridized carbons (Fsp3) is 0.925. The molecule has 0 amide bonds. The van der Waals surface area contributed by atoms with E-state index in [1.807, 2.05) is 0 Å². The number of hydrogen-bond donors (Lipinski definition) is 0. The van der Waals surface area contributed by atoms with Gasteiger partial charge in [-0.15, -0.1) is 0 Å². The lowest BCUT2D eigenvalue weighted by Gasteiger charge is -2.07. The molecule has 0 aromatic carbocycles. The lowest BCUT2D eigenvalue weighted by Crippen LogP contribution is -2.37. The van der Waals surface area contributed by atoms with Gasteiger partial charge < -0.3 is 0 Å². The second kappa shape index (κ2) is 31.6. The van der Waals surface area contributed by atoms with Crippen molar-refractivity contribution in [2.24, 2.45) is 0 Å². The summed E-state index contributed by atoms with van der Waals surface area (Å²) >= 11 is 0. The molecule has 0 fully saturated rings. The van der Waals surface area contributed by atoms with Gasteiger partial charge in [0.05, 0.1) is 13.1 Å². The van der Waals surface area contributed by atoms with E-state index in [2.05, 4.69) is 42.3 Å². The predicted molar refractivity (Wildman–Crippen MR) is 188 cm³/mol. The van der Waals surface area contributed by atoms with Gasteiger partial charge in [-0.3, -0.25) is 0 Å². The standard InChI is InChI=1S/C40H79N2/c1-4-7-10-13-16-18-19-20-21-22-23-24-26-29-32-35-40-41(36-33-30-27-15-12-9-6-3)38-39-42(40)37-34-31-28-25-17-14-11-8-5-2/h38-39H,4-37H2,1-3H3/q+1. The van der Waals surface area contributed by atoms with E-state index < -0.39 is 0 Å². The van der Waals surface area contributed by atoms with Gasteiger partial charge in [0.2, 0.25) is 0 Å². The Morgan fingerprint density at radius 3 is 1.14 bits per heavy atom. The largest absolute Gasteiger partial charge is 0.256 e. The first-order valence-electron chi connectivity index (χ1n) is 19.9. The van der Waals surface area contributed by atoms with Crippen LogP contribution in [0.1, 0.15) is 226 Å². The van der Waals surface area contributed by atoms with Gasteiger partial charge >= 0.3 is 0 Å². The smallest absolute Gasteiger partial charge is 0.234 e. The van der Waals surface area contributed by atoms with Crippen molar-refractivity contribution in [1.82, 2.24) is 4.57 Å². The molecular weight excluding hydrogens is 508 g/mol. The minimum atomic E-state index is 1.23. The fourth-order valence-corrected chi connectivity index (χ4v) is 6.68. The van der Waals surface area contributed by atoms with Gasteiger partial charge in [0.15, 0.2) is 0 Å². The van der Waals surface area contributed by atoms with Crippen LogP contribution in [0.25, 0.3) is 0 Å². The van der Waals surface area contributed by atoms with Crippen LogP contribution in [0.2, 0.25) is 0 Å². The maximum atomic E-state index is 2.63. The first kappa shape index (κ1) is 39.2. The molecule has 0 saturated heterocycles. The van der Waals surface area contributed by atoms with Crippen molar-refractivity contribution in [2.75, 3.05) is 0 Å². The van der Waals surface area contributed by atoms with Gasteiger partial charge in [0.25, 0.3) is 5.82 Å². The molecule has 0 aliphatic rings. The quantitative estimate of drug-likeness (QED) is 0.0560. The van der Waals surface area contributed by atoms with Crippen molar-refractivity contribution < 1.29 is 4.57 Å². The third-order valence-corrected chi connectivity index (χ3v) is 9.60. The zero-order valence-electron chi connectivity index (χ0n) is 29.6. The Hall–Kier alpha value is -0.790. The summed E-state index contributed by atoms with van der Waals surface area (Å²) in [6.07, 6.45) is 50.4. The Labute approximate surface area is 266 Å². The molecule has 0 spiro atoms. The average Bonchev–Trinajstić information content (AvgIpc) is 3.38. The summed E-state index contributed by atoms with van der Waals surface area (Å²) in [6, 6.07) is 0. The molecule has 1 heterocycles. The van der Waals surface area contributed by atoms with Gasteiger partial charge in [-0.2, -0.15) is 0 Å². The number of rotatable bonds is 34. The summed E-state index contributed by atoms with van der Waals surface area (Å²) in [7, 11) is 0. The maximum Gasteiger partial charge on any atom is 0.256 e. The van der Waals surface area contributed by atoms with Crippen LogP contribution in [0.15, 0.2) is 12.4 Å². The van der Waals surface area contributed by atoms with Crippen LogP contribution in [-0.4, -0.2) is 4.57 Å². The molecular formula is C40H79N2+. The highest BCUT2D eigenvalue weighted by molar-refractivity contribution is 4.84. The average molecular weight is 588 g/mol. The minimum Gasteiger partial charge on any atom is -0.234 e. The number of unbranched alkanes of at least 4 members (excludes halogenated alkanes) is 28. The Bertz CT molecular complexity index is 648. The third-order valence-electron chi connectivity index (χ3n) is 9.60. The van der Waals surface area contributed by atoms with Crippen LogP contribution < -0.4 is 4.57 Å². The minimum absolute atomic E-state index is 1.23. The second-order valence-corrected chi connectivity index (χ2v) is 13.8. The van der Waals surface area contributed by atoms with E-state index in [0.717, 1.165) is 0 Å². The van der Waals surface area contributed by atoms with E-state index >= 15 is 0 Å². The number of hydrogen-bond acceptors (Lipinski definition) is 0. The Kier molecular flexibility index (Phi) is 29.5. The molecule has 0 unspecified atom stereocenters. The molecule has 1 aromatic heterocycles. The predicted octanol–water partition coefficient (Wildman–Crippen LogP) is 13.5. The summed E-state index contributed by atoms with van der Waals surface area (Å²) in [5, 5.41) is 0. The number of aryl methyl sites for hydroxylation is 2. The molecule has 0 atom stereocenters. The fourth-order valence-electron chi connectivity index (χ4n) is 6.68. The van der Waals surface area contributed by atoms with Crippen LogP contribution in [0, 0.1) is 0 Å². The topological polar surface area (TPSA) is 8.81 Å². The van der Waals surface area contributed by atoms with Crippen molar-refractivity contribution in [2.45, 2.75) is 239 Å². The molecule has 0 N–H and O–H groups in total. The van der Waals surface area contributed by atoms with E-state index in [0.29, 0.717) is 0 Å². The molecule has 0 aliphatic heterocycles. The number of imidazole rings is 1. The molecule has 0 aliphatic carbocycles. The third kappa shape index (κ3) is 23.6. The Balaban J connectivity index is 2.25. The molecule has 0 saturated carbocycles. The first-order valence-corrected chi connectivity index (χ1v) is 19.9. The summed E-state index contributed by atoms with van der Waals surface area (Å²) in [6.45, 7) is 9.40. The first-order chi connectivity index (χ1) is 20.8. The summed E-state index contributed by atoms with van der Waals surface area (Å²) in [4.78, 5) is 0. The van der Waals surface area contributed by atoms with Crippen LogP contribution in [0.5, 0.6) is 0 Å².